The van der Waals surface area contributed by atoms with E-state index < -0.39 is 0 Å². The van der Waals surface area contributed by atoms with E-state index in [1.807, 2.05) is 48.5 Å². The van der Waals surface area contributed by atoms with Crippen molar-refractivity contribution in [3.63, 3.8) is 0 Å². The second-order valence-electron chi connectivity index (χ2n) is 7.39. The van der Waals surface area contributed by atoms with Gasteiger partial charge in [-0.3, -0.25) is 14.5 Å². The van der Waals surface area contributed by atoms with E-state index in [2.05, 4.69) is 35.2 Å². The van der Waals surface area contributed by atoms with E-state index in [1.165, 1.54) is 5.01 Å². The number of hydrazone groups is 1. The molecule has 1 heterocycles. The molecule has 0 radical (unpaired) electrons. The highest BCUT2D eigenvalue weighted by molar-refractivity contribution is 6.02. The molecule has 0 aromatic heterocycles. The van der Waals surface area contributed by atoms with Crippen molar-refractivity contribution >= 4 is 23.2 Å². The average molecular weight is 407 g/mol. The summed E-state index contributed by atoms with van der Waals surface area (Å²) in [6.45, 7) is 7.67. The predicted octanol–water partition coefficient (Wildman–Crippen LogP) is 3.88. The first-order valence-electron chi connectivity index (χ1n) is 10.6. The van der Waals surface area contributed by atoms with Crippen molar-refractivity contribution in [1.29, 1.82) is 0 Å². The molecule has 6 heteroatoms. The monoisotopic (exact) mass is 406 g/mol. The maximum atomic E-state index is 12.5. The minimum absolute atomic E-state index is 0.119. The van der Waals surface area contributed by atoms with E-state index in [4.69, 9.17) is 0 Å². The van der Waals surface area contributed by atoms with Crippen LogP contribution in [-0.2, 0) is 16.1 Å². The SMILES string of the molecule is CCN(CC)Cc1cccc(NC(=O)CCC(=O)N2CCC(c3ccccc3)=N2)c1. The van der Waals surface area contributed by atoms with Crippen molar-refractivity contribution in [2.24, 2.45) is 5.10 Å². The lowest BCUT2D eigenvalue weighted by atomic mass is 10.1. The van der Waals surface area contributed by atoms with Crippen molar-refractivity contribution in [2.75, 3.05) is 25.0 Å². The average Bonchev–Trinajstić information content (AvgIpc) is 3.27. The van der Waals surface area contributed by atoms with Crippen LogP contribution in [-0.4, -0.2) is 47.1 Å². The first-order chi connectivity index (χ1) is 14.6. The molecule has 0 atom stereocenters. The van der Waals surface area contributed by atoms with Gasteiger partial charge in [0.25, 0.3) is 0 Å². The minimum atomic E-state index is -0.158. The molecular formula is C24H30N4O2. The number of rotatable bonds is 9. The number of hydrogen-bond donors (Lipinski definition) is 1. The van der Waals surface area contributed by atoms with Gasteiger partial charge < -0.3 is 5.32 Å². The molecule has 2 amide bonds. The standard InChI is InChI=1S/C24H30N4O2/c1-3-27(4-2)18-19-9-8-12-21(17-19)25-23(29)13-14-24(30)28-16-15-22(26-28)20-10-6-5-7-11-20/h5-12,17H,3-4,13-16,18H2,1-2H3,(H,25,29). The zero-order chi connectivity index (χ0) is 21.3. The first kappa shape index (κ1) is 21.7. The van der Waals surface area contributed by atoms with Gasteiger partial charge in [0.2, 0.25) is 11.8 Å². The Bertz CT molecular complexity index is 891. The van der Waals surface area contributed by atoms with Gasteiger partial charge >= 0.3 is 0 Å². The van der Waals surface area contributed by atoms with E-state index >= 15 is 0 Å². The van der Waals surface area contributed by atoms with Gasteiger partial charge in [-0.25, -0.2) is 5.01 Å². The fourth-order valence-corrected chi connectivity index (χ4v) is 3.50. The number of carbonyl (C=O) groups is 2. The molecule has 0 spiro atoms. The Morgan fingerprint density at radius 3 is 2.53 bits per heavy atom. The van der Waals surface area contributed by atoms with Crippen LogP contribution in [0.15, 0.2) is 59.7 Å². The second-order valence-corrected chi connectivity index (χ2v) is 7.39. The Kier molecular flexibility index (Phi) is 7.74. The van der Waals surface area contributed by atoms with Crippen LogP contribution >= 0.6 is 0 Å². The van der Waals surface area contributed by atoms with Gasteiger partial charge in [-0.15, -0.1) is 0 Å². The quantitative estimate of drug-likeness (QED) is 0.687. The lowest BCUT2D eigenvalue weighted by Gasteiger charge is -2.18. The van der Waals surface area contributed by atoms with Crippen LogP contribution < -0.4 is 5.32 Å². The van der Waals surface area contributed by atoms with Crippen molar-refractivity contribution < 1.29 is 9.59 Å². The first-order valence-corrected chi connectivity index (χ1v) is 10.6. The largest absolute Gasteiger partial charge is 0.326 e. The van der Waals surface area contributed by atoms with Crippen molar-refractivity contribution in [3.05, 3.63) is 65.7 Å². The smallest absolute Gasteiger partial charge is 0.243 e. The molecule has 0 saturated carbocycles. The Balaban J connectivity index is 1.49. The predicted molar refractivity (Wildman–Crippen MR) is 120 cm³/mol. The fourth-order valence-electron chi connectivity index (χ4n) is 3.50. The van der Waals surface area contributed by atoms with E-state index in [1.54, 1.807) is 0 Å². The summed E-state index contributed by atoms with van der Waals surface area (Å²) in [6.07, 6.45) is 1.03. The van der Waals surface area contributed by atoms with Gasteiger partial charge in [0.1, 0.15) is 0 Å². The lowest BCUT2D eigenvalue weighted by molar-refractivity contribution is -0.132. The molecule has 1 N–H and O–H groups in total. The van der Waals surface area contributed by atoms with Crippen LogP contribution in [0.5, 0.6) is 0 Å². The molecule has 0 saturated heterocycles. The topological polar surface area (TPSA) is 65.0 Å². The molecule has 0 bridgehead atoms. The summed E-state index contributed by atoms with van der Waals surface area (Å²) < 4.78 is 0. The summed E-state index contributed by atoms with van der Waals surface area (Å²) in [6, 6.07) is 17.8. The van der Waals surface area contributed by atoms with Gasteiger partial charge in [-0.1, -0.05) is 56.3 Å². The van der Waals surface area contributed by atoms with E-state index in [0.717, 1.165) is 48.6 Å². The molecule has 1 aliphatic rings. The number of nitrogens with zero attached hydrogens (tertiary/aromatic N) is 3. The van der Waals surface area contributed by atoms with E-state index in [-0.39, 0.29) is 24.7 Å². The third-order valence-electron chi connectivity index (χ3n) is 5.27. The molecule has 0 aliphatic carbocycles. The molecule has 2 aromatic rings. The number of amides is 2. The van der Waals surface area contributed by atoms with Crippen LogP contribution in [0.1, 0.15) is 44.2 Å². The second kappa shape index (κ2) is 10.7. The molecule has 2 aromatic carbocycles. The summed E-state index contributed by atoms with van der Waals surface area (Å²) in [4.78, 5) is 27.1. The zero-order valence-corrected chi connectivity index (χ0v) is 17.8. The molecular weight excluding hydrogens is 376 g/mol. The molecule has 6 nitrogen and oxygen atoms in total. The Hall–Kier alpha value is -2.99. The highest BCUT2D eigenvalue weighted by atomic mass is 16.2. The van der Waals surface area contributed by atoms with Crippen LogP contribution in [0.4, 0.5) is 5.69 Å². The number of carbonyl (C=O) groups excluding carboxylic acids is 2. The van der Waals surface area contributed by atoms with E-state index in [0.29, 0.717) is 6.54 Å². The summed E-state index contributed by atoms with van der Waals surface area (Å²) in [7, 11) is 0. The maximum Gasteiger partial charge on any atom is 0.243 e. The van der Waals surface area contributed by atoms with E-state index in [9.17, 15) is 9.59 Å². The minimum Gasteiger partial charge on any atom is -0.326 e. The van der Waals surface area contributed by atoms with Gasteiger partial charge in [0, 0.05) is 31.5 Å². The molecule has 30 heavy (non-hydrogen) atoms. The van der Waals surface area contributed by atoms with Gasteiger partial charge in [-0.2, -0.15) is 5.10 Å². The molecule has 1 aliphatic heterocycles. The van der Waals surface area contributed by atoms with Gasteiger partial charge in [-0.05, 0) is 36.3 Å². The van der Waals surface area contributed by atoms with Crippen molar-refractivity contribution in [1.82, 2.24) is 9.91 Å². The summed E-state index contributed by atoms with van der Waals surface area (Å²) in [5.41, 5.74) is 3.88. The van der Waals surface area contributed by atoms with Crippen LogP contribution in [0.25, 0.3) is 0 Å². The Labute approximate surface area is 178 Å². The van der Waals surface area contributed by atoms with Crippen LogP contribution in [0.2, 0.25) is 0 Å². The summed E-state index contributed by atoms with van der Waals surface area (Å²) in [5.74, 6) is -0.277. The zero-order valence-electron chi connectivity index (χ0n) is 17.8. The highest BCUT2D eigenvalue weighted by Crippen LogP contribution is 2.16. The molecule has 0 fully saturated rings. The molecule has 0 unspecified atom stereocenters. The molecule has 3 rings (SSSR count). The number of benzene rings is 2. The number of nitrogens with one attached hydrogen (secondary N) is 1. The summed E-state index contributed by atoms with van der Waals surface area (Å²) >= 11 is 0. The van der Waals surface area contributed by atoms with Crippen molar-refractivity contribution in [3.8, 4) is 0 Å². The molecule has 158 valence electrons. The lowest BCUT2D eigenvalue weighted by Crippen LogP contribution is -2.25. The normalized spacial score (nSPS) is 13.4. The van der Waals surface area contributed by atoms with Gasteiger partial charge in [0.05, 0.1) is 12.3 Å². The Morgan fingerprint density at radius 1 is 1.03 bits per heavy atom. The van der Waals surface area contributed by atoms with Crippen LogP contribution in [0.3, 0.4) is 0 Å². The Morgan fingerprint density at radius 2 is 1.80 bits per heavy atom. The third kappa shape index (κ3) is 6.00. The highest BCUT2D eigenvalue weighted by Gasteiger charge is 2.21. The summed E-state index contributed by atoms with van der Waals surface area (Å²) in [5, 5.41) is 8.83. The van der Waals surface area contributed by atoms with Crippen molar-refractivity contribution in [2.45, 2.75) is 39.7 Å². The van der Waals surface area contributed by atoms with Gasteiger partial charge in [0.15, 0.2) is 0 Å². The fraction of sp³-hybridized carbons (Fsp3) is 0.375. The maximum absolute atomic E-state index is 12.5. The number of hydrogen-bond acceptors (Lipinski definition) is 4. The number of anilines is 1. The third-order valence-corrected chi connectivity index (χ3v) is 5.27. The van der Waals surface area contributed by atoms with Crippen LogP contribution in [0, 0.1) is 0 Å².